The molecule has 1 aromatic carbocycles. The molecule has 1 aromatic rings. The second kappa shape index (κ2) is 15.6. The van der Waals surface area contributed by atoms with Crippen molar-refractivity contribution in [2.45, 2.75) is 58.8 Å². The van der Waals surface area contributed by atoms with Gasteiger partial charge in [-0.25, -0.2) is 9.59 Å². The van der Waals surface area contributed by atoms with Crippen LogP contribution in [0.5, 0.6) is 0 Å². The predicted molar refractivity (Wildman–Crippen MR) is 139 cm³/mol. The van der Waals surface area contributed by atoms with Crippen LogP contribution in [0.3, 0.4) is 0 Å². The number of alkyl carbamates (subject to hydrolysis) is 1. The Hall–Kier alpha value is -3.67. The fourth-order valence-electron chi connectivity index (χ4n) is 3.67. The van der Waals surface area contributed by atoms with Gasteiger partial charge in [-0.3, -0.25) is 14.4 Å². The average Bonchev–Trinajstić information content (AvgIpc) is 2.88. The largest absolute Gasteiger partial charge is 0.480 e. The number of hydrogen-bond acceptors (Lipinski definition) is 7. The molecule has 0 fully saturated rings. The molecule has 4 amide bonds. The van der Waals surface area contributed by atoms with Crippen molar-refractivity contribution < 1.29 is 38.9 Å². The number of hydrogen-bond donors (Lipinski definition) is 4. The number of carboxylic acids is 1. The lowest BCUT2D eigenvalue weighted by Crippen LogP contribution is -2.57. The maximum atomic E-state index is 13.1. The first-order valence-corrected chi connectivity index (χ1v) is 12.5. The Morgan fingerprint density at radius 2 is 1.61 bits per heavy atom. The van der Waals surface area contributed by atoms with Gasteiger partial charge in [0.2, 0.25) is 17.7 Å². The summed E-state index contributed by atoms with van der Waals surface area (Å²) in [5.41, 5.74) is 0.786. The van der Waals surface area contributed by atoms with Crippen molar-refractivity contribution in [3.8, 4) is 0 Å². The Kier molecular flexibility index (Phi) is 13.2. The lowest BCUT2D eigenvalue weighted by atomic mass is 9.96. The standard InChI is InChI=1S/C26H40N4O8/c1-7-17(4)22(23(33)27-19(14-31)25(35)36)30(6)20(32)13-29(5)24(34)21(16(2)3)28-26(37)38-15-18-11-9-8-10-12-18/h8-12,16-17,19,21-22,31H,7,13-15H2,1-6H3,(H,27,33)(H,28,37)(H,35,36)/t17-,19-,21-,22-/m0/s1. The number of carbonyl (C=O) groups is 5. The molecular formula is C26H40N4O8. The summed E-state index contributed by atoms with van der Waals surface area (Å²) in [6, 6.07) is 5.55. The van der Waals surface area contributed by atoms with Gasteiger partial charge < -0.3 is 35.4 Å². The van der Waals surface area contributed by atoms with Crippen LogP contribution in [0.2, 0.25) is 0 Å². The third-order valence-electron chi connectivity index (χ3n) is 6.23. The molecule has 0 radical (unpaired) electrons. The number of nitrogens with zero attached hydrogens (tertiary/aromatic N) is 2. The minimum Gasteiger partial charge on any atom is -0.480 e. The summed E-state index contributed by atoms with van der Waals surface area (Å²) in [6.07, 6.45) is -0.269. The minimum atomic E-state index is -1.51. The molecule has 12 heteroatoms. The highest BCUT2D eigenvalue weighted by atomic mass is 16.5. The van der Waals surface area contributed by atoms with E-state index >= 15 is 0 Å². The molecule has 0 spiro atoms. The van der Waals surface area contributed by atoms with Gasteiger partial charge in [0, 0.05) is 14.1 Å². The molecule has 1 rings (SSSR count). The quantitative estimate of drug-likeness (QED) is 0.271. The van der Waals surface area contributed by atoms with Crippen molar-refractivity contribution >= 4 is 29.8 Å². The molecule has 0 unspecified atom stereocenters. The van der Waals surface area contributed by atoms with Crippen molar-refractivity contribution in [1.29, 1.82) is 0 Å². The van der Waals surface area contributed by atoms with Crippen molar-refractivity contribution in [1.82, 2.24) is 20.4 Å². The molecule has 0 aliphatic carbocycles. The molecule has 212 valence electrons. The van der Waals surface area contributed by atoms with E-state index < -0.39 is 54.5 Å². The lowest BCUT2D eigenvalue weighted by Gasteiger charge is -2.34. The van der Waals surface area contributed by atoms with E-state index in [2.05, 4.69) is 10.6 Å². The van der Waals surface area contributed by atoms with E-state index in [0.717, 1.165) is 15.4 Å². The molecule has 0 bridgehead atoms. The van der Waals surface area contributed by atoms with E-state index in [1.807, 2.05) is 25.1 Å². The predicted octanol–water partition coefficient (Wildman–Crippen LogP) is 0.831. The summed E-state index contributed by atoms with van der Waals surface area (Å²) in [6.45, 7) is 5.87. The SMILES string of the molecule is CC[C@H](C)[C@@H](C(=O)N[C@@H](CO)C(=O)O)N(C)C(=O)CN(C)C(=O)[C@@H](NC(=O)OCc1ccccc1)C(C)C. The number of rotatable bonds is 14. The number of carbonyl (C=O) groups excluding carboxylic acids is 4. The van der Waals surface area contributed by atoms with Gasteiger partial charge in [0.15, 0.2) is 0 Å². The fraction of sp³-hybridized carbons (Fsp3) is 0.577. The second-order valence-corrected chi connectivity index (χ2v) is 9.54. The van der Waals surface area contributed by atoms with Crippen molar-refractivity contribution in [2.75, 3.05) is 27.2 Å². The van der Waals surface area contributed by atoms with Gasteiger partial charge in [-0.05, 0) is 17.4 Å². The monoisotopic (exact) mass is 536 g/mol. The molecule has 38 heavy (non-hydrogen) atoms. The maximum Gasteiger partial charge on any atom is 0.408 e. The van der Waals surface area contributed by atoms with E-state index in [9.17, 15) is 29.1 Å². The third-order valence-corrected chi connectivity index (χ3v) is 6.23. The number of ether oxygens (including phenoxy) is 1. The van der Waals surface area contributed by atoms with Crippen molar-refractivity contribution in [3.05, 3.63) is 35.9 Å². The second-order valence-electron chi connectivity index (χ2n) is 9.54. The van der Waals surface area contributed by atoms with Gasteiger partial charge in [0.05, 0.1) is 13.2 Å². The van der Waals surface area contributed by atoms with Gasteiger partial charge in [-0.15, -0.1) is 0 Å². The van der Waals surface area contributed by atoms with Crippen LogP contribution in [0.25, 0.3) is 0 Å². The third kappa shape index (κ3) is 9.66. The van der Waals surface area contributed by atoms with Gasteiger partial charge in [0.25, 0.3) is 0 Å². The van der Waals surface area contributed by atoms with Crippen LogP contribution < -0.4 is 10.6 Å². The normalized spacial score (nSPS) is 14.0. The maximum absolute atomic E-state index is 13.1. The topological polar surface area (TPSA) is 166 Å². The number of carboxylic acid groups (broad SMARTS) is 1. The summed E-state index contributed by atoms with van der Waals surface area (Å²) in [7, 11) is 2.80. The first-order valence-electron chi connectivity index (χ1n) is 12.5. The molecule has 0 heterocycles. The number of amides is 4. The van der Waals surface area contributed by atoms with E-state index in [1.165, 1.54) is 14.1 Å². The number of nitrogens with one attached hydrogen (secondary N) is 2. The summed E-state index contributed by atoms with van der Waals surface area (Å²) in [5, 5.41) is 23.2. The van der Waals surface area contributed by atoms with E-state index in [-0.39, 0.29) is 25.0 Å². The van der Waals surface area contributed by atoms with Crippen LogP contribution in [-0.2, 0) is 30.5 Å². The number of aliphatic hydroxyl groups excluding tert-OH is 1. The molecule has 12 nitrogen and oxygen atoms in total. The van der Waals surface area contributed by atoms with Gasteiger partial charge in [-0.2, -0.15) is 0 Å². The molecule has 0 aliphatic rings. The molecule has 0 aliphatic heterocycles. The Balaban J connectivity index is 2.87. The zero-order valence-electron chi connectivity index (χ0n) is 22.8. The minimum absolute atomic E-state index is 0.0306. The molecule has 0 aromatic heterocycles. The fourth-order valence-corrected chi connectivity index (χ4v) is 3.67. The Labute approximate surface area is 223 Å². The summed E-state index contributed by atoms with van der Waals surface area (Å²) >= 11 is 0. The van der Waals surface area contributed by atoms with Gasteiger partial charge in [-0.1, -0.05) is 64.4 Å². The summed E-state index contributed by atoms with van der Waals surface area (Å²) in [4.78, 5) is 64.9. The van der Waals surface area contributed by atoms with E-state index in [1.54, 1.807) is 32.9 Å². The van der Waals surface area contributed by atoms with Gasteiger partial charge >= 0.3 is 12.1 Å². The molecule has 0 saturated carbocycles. The van der Waals surface area contributed by atoms with Crippen molar-refractivity contribution in [3.63, 3.8) is 0 Å². The van der Waals surface area contributed by atoms with Crippen molar-refractivity contribution in [2.24, 2.45) is 11.8 Å². The highest BCUT2D eigenvalue weighted by molar-refractivity contribution is 5.93. The van der Waals surface area contributed by atoms with E-state index in [4.69, 9.17) is 9.84 Å². The van der Waals surface area contributed by atoms with Crippen LogP contribution in [0.1, 0.15) is 39.7 Å². The lowest BCUT2D eigenvalue weighted by molar-refractivity contribution is -0.147. The summed E-state index contributed by atoms with van der Waals surface area (Å²) < 4.78 is 5.21. The Morgan fingerprint density at radius 1 is 1.00 bits per heavy atom. The van der Waals surface area contributed by atoms with Crippen LogP contribution in [0.4, 0.5) is 4.79 Å². The number of benzene rings is 1. The highest BCUT2D eigenvalue weighted by Crippen LogP contribution is 2.15. The van der Waals surface area contributed by atoms with E-state index in [0.29, 0.717) is 6.42 Å². The average molecular weight is 537 g/mol. The smallest absolute Gasteiger partial charge is 0.408 e. The number of aliphatic hydroxyl groups is 1. The molecule has 4 atom stereocenters. The number of likely N-dealkylation sites (N-methyl/N-ethyl adjacent to an activating group) is 2. The molecule has 4 N–H and O–H groups in total. The first kappa shape index (κ1) is 32.4. The number of aliphatic carboxylic acids is 1. The van der Waals surface area contributed by atoms with Crippen LogP contribution >= 0.6 is 0 Å². The Morgan fingerprint density at radius 3 is 2.11 bits per heavy atom. The van der Waals surface area contributed by atoms with Crippen LogP contribution in [-0.4, -0.2) is 95.2 Å². The van der Waals surface area contributed by atoms with Crippen LogP contribution in [0.15, 0.2) is 30.3 Å². The Bertz CT molecular complexity index is 956. The zero-order valence-corrected chi connectivity index (χ0v) is 22.8. The summed E-state index contributed by atoms with van der Waals surface area (Å²) in [5.74, 6) is -3.87. The highest BCUT2D eigenvalue weighted by Gasteiger charge is 2.35. The van der Waals surface area contributed by atoms with Crippen LogP contribution in [0, 0.1) is 11.8 Å². The first-order chi connectivity index (χ1) is 17.8. The zero-order chi connectivity index (χ0) is 29.0. The van der Waals surface area contributed by atoms with Gasteiger partial charge in [0.1, 0.15) is 24.7 Å². The molecular weight excluding hydrogens is 496 g/mol. The molecule has 0 saturated heterocycles.